The largest absolute Gasteiger partial charge is 0.494 e. The van der Waals surface area contributed by atoms with Crippen LogP contribution in [-0.2, 0) is 0 Å². The molecule has 1 aromatic rings. The van der Waals surface area contributed by atoms with E-state index in [1.165, 1.54) is 7.11 Å². The highest BCUT2D eigenvalue weighted by Crippen LogP contribution is 2.19. The van der Waals surface area contributed by atoms with Crippen molar-refractivity contribution in [3.8, 4) is 5.75 Å². The zero-order valence-electron chi connectivity index (χ0n) is 6.79. The van der Waals surface area contributed by atoms with Crippen LogP contribution >= 0.6 is 0 Å². The summed E-state index contributed by atoms with van der Waals surface area (Å²) in [6.45, 7) is 0. The molecule has 0 unspecified atom stereocenters. The Kier molecular flexibility index (Phi) is 2.79. The number of methoxy groups -OCH3 is 1. The van der Waals surface area contributed by atoms with E-state index < -0.39 is 11.6 Å². The third kappa shape index (κ3) is 1.93. The van der Waals surface area contributed by atoms with E-state index in [4.69, 9.17) is 5.21 Å². The van der Waals surface area contributed by atoms with Crippen molar-refractivity contribution < 1.29 is 18.7 Å². The average molecular weight is 187 g/mol. The molecular formula is C8H7F2NO2. The summed E-state index contributed by atoms with van der Waals surface area (Å²) in [6.07, 6.45) is 0.858. The van der Waals surface area contributed by atoms with Crippen LogP contribution in [0.3, 0.4) is 0 Å². The second-order valence-electron chi connectivity index (χ2n) is 2.25. The molecular weight excluding hydrogens is 180 g/mol. The zero-order valence-corrected chi connectivity index (χ0v) is 6.79. The molecule has 5 heteroatoms. The highest BCUT2D eigenvalue weighted by molar-refractivity contribution is 5.80. The van der Waals surface area contributed by atoms with Gasteiger partial charge in [0.05, 0.1) is 13.3 Å². The van der Waals surface area contributed by atoms with Gasteiger partial charge in [0.1, 0.15) is 5.82 Å². The summed E-state index contributed by atoms with van der Waals surface area (Å²) in [7, 11) is 1.26. The standard InChI is InChI=1S/C8H7F2NO2/c1-13-8-2-5(4-11-12)6(9)3-7(8)10/h2-4,12H,1H3. The first kappa shape index (κ1) is 9.44. The van der Waals surface area contributed by atoms with E-state index in [0.717, 1.165) is 12.3 Å². The fraction of sp³-hybridized carbons (Fsp3) is 0.125. The molecule has 0 atom stereocenters. The van der Waals surface area contributed by atoms with Crippen LogP contribution < -0.4 is 4.74 Å². The lowest BCUT2D eigenvalue weighted by atomic mass is 10.2. The molecule has 0 bridgehead atoms. The van der Waals surface area contributed by atoms with Gasteiger partial charge < -0.3 is 9.94 Å². The van der Waals surface area contributed by atoms with Crippen molar-refractivity contribution in [2.45, 2.75) is 0 Å². The number of oxime groups is 1. The third-order valence-electron chi connectivity index (χ3n) is 1.47. The van der Waals surface area contributed by atoms with Gasteiger partial charge in [-0.2, -0.15) is 0 Å². The maximum absolute atomic E-state index is 12.9. The molecule has 3 nitrogen and oxygen atoms in total. The first-order valence-electron chi connectivity index (χ1n) is 3.39. The highest BCUT2D eigenvalue weighted by atomic mass is 19.1. The van der Waals surface area contributed by atoms with Gasteiger partial charge in [-0.25, -0.2) is 8.78 Å². The Balaban J connectivity index is 3.22. The molecule has 0 saturated heterocycles. The van der Waals surface area contributed by atoms with Crippen LogP contribution in [0, 0.1) is 11.6 Å². The van der Waals surface area contributed by atoms with Crippen molar-refractivity contribution >= 4 is 6.21 Å². The Labute approximate surface area is 73.2 Å². The van der Waals surface area contributed by atoms with E-state index >= 15 is 0 Å². The number of nitrogens with zero attached hydrogens (tertiary/aromatic N) is 1. The molecule has 1 aromatic carbocycles. The van der Waals surface area contributed by atoms with Gasteiger partial charge in [0, 0.05) is 11.6 Å². The number of rotatable bonds is 2. The number of hydrogen-bond donors (Lipinski definition) is 1. The van der Waals surface area contributed by atoms with Crippen molar-refractivity contribution in [2.24, 2.45) is 5.16 Å². The van der Waals surface area contributed by atoms with E-state index in [2.05, 4.69) is 9.89 Å². The van der Waals surface area contributed by atoms with E-state index in [1.54, 1.807) is 0 Å². The van der Waals surface area contributed by atoms with Crippen molar-refractivity contribution in [1.29, 1.82) is 0 Å². The predicted octanol–water partition coefficient (Wildman–Crippen LogP) is 1.78. The van der Waals surface area contributed by atoms with E-state index in [0.29, 0.717) is 6.07 Å². The summed E-state index contributed by atoms with van der Waals surface area (Å²) >= 11 is 0. The van der Waals surface area contributed by atoms with Crippen molar-refractivity contribution in [3.63, 3.8) is 0 Å². The van der Waals surface area contributed by atoms with E-state index in [9.17, 15) is 8.78 Å². The van der Waals surface area contributed by atoms with Crippen LogP contribution in [0.1, 0.15) is 5.56 Å². The Morgan fingerprint density at radius 2 is 2.08 bits per heavy atom. The lowest BCUT2D eigenvalue weighted by Gasteiger charge is -2.02. The fourth-order valence-electron chi connectivity index (χ4n) is 0.862. The van der Waals surface area contributed by atoms with E-state index in [1.807, 2.05) is 0 Å². The molecule has 0 heterocycles. The molecule has 13 heavy (non-hydrogen) atoms. The first-order valence-corrected chi connectivity index (χ1v) is 3.39. The number of benzene rings is 1. The Morgan fingerprint density at radius 3 is 2.62 bits per heavy atom. The molecule has 0 saturated carbocycles. The summed E-state index contributed by atoms with van der Waals surface area (Å²) in [5.41, 5.74) is -0.0410. The lowest BCUT2D eigenvalue weighted by molar-refractivity contribution is 0.321. The van der Waals surface area contributed by atoms with Gasteiger partial charge >= 0.3 is 0 Å². The van der Waals surface area contributed by atoms with Gasteiger partial charge in [0.15, 0.2) is 11.6 Å². The summed E-state index contributed by atoms with van der Waals surface area (Å²) < 4.78 is 30.3. The summed E-state index contributed by atoms with van der Waals surface area (Å²) in [5.74, 6) is -1.71. The minimum absolute atomic E-state index is 0.0410. The molecule has 0 aliphatic heterocycles. The SMILES string of the molecule is COc1cc(C=NO)c(F)cc1F. The van der Waals surface area contributed by atoms with Gasteiger partial charge in [0.2, 0.25) is 0 Å². The Morgan fingerprint density at radius 1 is 1.38 bits per heavy atom. The molecule has 0 aliphatic rings. The van der Waals surface area contributed by atoms with Crippen LogP contribution in [0.25, 0.3) is 0 Å². The number of halogens is 2. The molecule has 0 aromatic heterocycles. The first-order chi connectivity index (χ1) is 6.19. The fourth-order valence-corrected chi connectivity index (χ4v) is 0.862. The van der Waals surface area contributed by atoms with Crippen LogP contribution in [0.15, 0.2) is 17.3 Å². The quantitative estimate of drug-likeness (QED) is 0.435. The Bertz CT molecular complexity index is 339. The summed E-state index contributed by atoms with van der Waals surface area (Å²) in [4.78, 5) is 0. The summed E-state index contributed by atoms with van der Waals surface area (Å²) in [6, 6.07) is 1.76. The smallest absolute Gasteiger partial charge is 0.168 e. The van der Waals surface area contributed by atoms with Gasteiger partial charge in [-0.3, -0.25) is 0 Å². The van der Waals surface area contributed by atoms with Gasteiger partial charge in [-0.15, -0.1) is 0 Å². The number of ether oxygens (including phenoxy) is 1. The molecule has 0 spiro atoms. The monoisotopic (exact) mass is 187 g/mol. The topological polar surface area (TPSA) is 41.8 Å². The van der Waals surface area contributed by atoms with Crippen LogP contribution in [-0.4, -0.2) is 18.5 Å². The maximum Gasteiger partial charge on any atom is 0.168 e. The highest BCUT2D eigenvalue weighted by Gasteiger charge is 2.08. The van der Waals surface area contributed by atoms with Crippen LogP contribution in [0.2, 0.25) is 0 Å². The Hall–Kier alpha value is -1.65. The maximum atomic E-state index is 12.9. The van der Waals surface area contributed by atoms with Gasteiger partial charge in [0.25, 0.3) is 0 Å². The minimum atomic E-state index is -0.809. The molecule has 0 aliphatic carbocycles. The lowest BCUT2D eigenvalue weighted by Crippen LogP contribution is -1.94. The van der Waals surface area contributed by atoms with Crippen LogP contribution in [0.5, 0.6) is 5.75 Å². The second-order valence-corrected chi connectivity index (χ2v) is 2.25. The van der Waals surface area contributed by atoms with Crippen molar-refractivity contribution in [3.05, 3.63) is 29.3 Å². The van der Waals surface area contributed by atoms with E-state index in [-0.39, 0.29) is 11.3 Å². The average Bonchev–Trinajstić information content (AvgIpc) is 2.10. The van der Waals surface area contributed by atoms with Crippen molar-refractivity contribution in [2.75, 3.05) is 7.11 Å². The van der Waals surface area contributed by atoms with Gasteiger partial charge in [-0.1, -0.05) is 5.16 Å². The molecule has 0 radical (unpaired) electrons. The molecule has 1 rings (SSSR count). The minimum Gasteiger partial charge on any atom is -0.494 e. The predicted molar refractivity (Wildman–Crippen MR) is 42.3 cm³/mol. The molecule has 70 valence electrons. The second kappa shape index (κ2) is 3.84. The normalized spacial score (nSPS) is 10.7. The number of hydrogen-bond acceptors (Lipinski definition) is 3. The molecule has 0 fully saturated rings. The zero-order chi connectivity index (χ0) is 9.84. The van der Waals surface area contributed by atoms with Crippen LogP contribution in [0.4, 0.5) is 8.78 Å². The molecule has 0 amide bonds. The third-order valence-corrected chi connectivity index (χ3v) is 1.47. The summed E-state index contributed by atoms with van der Waals surface area (Å²) in [5, 5.41) is 10.8. The van der Waals surface area contributed by atoms with Crippen molar-refractivity contribution in [1.82, 2.24) is 0 Å². The van der Waals surface area contributed by atoms with Gasteiger partial charge in [-0.05, 0) is 6.07 Å². The molecule has 1 N–H and O–H groups in total.